The van der Waals surface area contributed by atoms with Crippen molar-refractivity contribution in [2.24, 2.45) is 17.8 Å². The molecular formula is C15H18ClF. The van der Waals surface area contributed by atoms with Gasteiger partial charge < -0.3 is 0 Å². The van der Waals surface area contributed by atoms with Crippen molar-refractivity contribution in [3.8, 4) is 0 Å². The van der Waals surface area contributed by atoms with Crippen molar-refractivity contribution < 1.29 is 4.39 Å². The average Bonchev–Trinajstić information content (AvgIpc) is 3.03. The van der Waals surface area contributed by atoms with E-state index in [1.807, 2.05) is 6.07 Å². The topological polar surface area (TPSA) is 0 Å². The lowest BCUT2D eigenvalue weighted by atomic mass is 10.0. The van der Waals surface area contributed by atoms with Gasteiger partial charge in [-0.1, -0.05) is 25.0 Å². The molecule has 92 valence electrons. The highest BCUT2D eigenvalue weighted by Crippen LogP contribution is 2.58. The number of alkyl halides is 1. The van der Waals surface area contributed by atoms with E-state index in [1.165, 1.54) is 31.7 Å². The normalized spacial score (nSPS) is 32.9. The van der Waals surface area contributed by atoms with Crippen LogP contribution in [0.25, 0.3) is 0 Å². The summed E-state index contributed by atoms with van der Waals surface area (Å²) in [6.45, 7) is 0. The molecule has 0 heterocycles. The smallest absolute Gasteiger partial charge is 0.123 e. The summed E-state index contributed by atoms with van der Waals surface area (Å²) in [5.41, 5.74) is 1.04. The zero-order chi connectivity index (χ0) is 11.8. The first-order valence-corrected chi connectivity index (χ1v) is 7.08. The Hall–Kier alpha value is -0.560. The van der Waals surface area contributed by atoms with Crippen LogP contribution in [0.4, 0.5) is 4.39 Å². The van der Waals surface area contributed by atoms with Gasteiger partial charge >= 0.3 is 0 Å². The summed E-state index contributed by atoms with van der Waals surface area (Å²) in [5, 5.41) is 0.199. The SMILES string of the molecule is Fc1cccc(CC(Cl)C2C3CCCCC32)c1. The molecule has 1 aromatic rings. The highest BCUT2D eigenvalue weighted by molar-refractivity contribution is 6.21. The van der Waals surface area contributed by atoms with Gasteiger partial charge in [-0.15, -0.1) is 11.6 Å². The number of hydrogen-bond donors (Lipinski definition) is 0. The molecule has 3 unspecified atom stereocenters. The predicted octanol–water partition coefficient (Wildman–Crippen LogP) is 4.41. The third-order valence-electron chi connectivity index (χ3n) is 4.46. The lowest BCUT2D eigenvalue weighted by Crippen LogP contribution is -2.08. The number of rotatable bonds is 3. The maximum atomic E-state index is 13.1. The van der Waals surface area contributed by atoms with Crippen molar-refractivity contribution in [1.29, 1.82) is 0 Å². The third-order valence-corrected chi connectivity index (χ3v) is 4.91. The Morgan fingerprint density at radius 3 is 2.59 bits per heavy atom. The lowest BCUT2D eigenvalue weighted by Gasteiger charge is -2.09. The molecule has 17 heavy (non-hydrogen) atoms. The molecule has 0 spiro atoms. The summed E-state index contributed by atoms with van der Waals surface area (Å²) in [4.78, 5) is 0. The molecule has 0 bridgehead atoms. The predicted molar refractivity (Wildman–Crippen MR) is 68.7 cm³/mol. The molecule has 2 saturated carbocycles. The Kier molecular flexibility index (Phi) is 3.12. The van der Waals surface area contributed by atoms with E-state index in [4.69, 9.17) is 11.6 Å². The molecule has 0 aliphatic heterocycles. The van der Waals surface area contributed by atoms with Crippen LogP contribution in [0.2, 0.25) is 0 Å². The molecule has 1 aromatic carbocycles. The Labute approximate surface area is 107 Å². The van der Waals surface area contributed by atoms with Gasteiger partial charge in [-0.2, -0.15) is 0 Å². The largest absolute Gasteiger partial charge is 0.207 e. The number of fused-ring (bicyclic) bond motifs is 1. The van der Waals surface area contributed by atoms with Gasteiger partial charge in [0.15, 0.2) is 0 Å². The molecule has 0 radical (unpaired) electrons. The summed E-state index contributed by atoms with van der Waals surface area (Å²) in [6.07, 6.45) is 6.29. The first-order chi connectivity index (χ1) is 8.25. The second-order valence-electron chi connectivity index (χ2n) is 5.54. The molecule has 3 atom stereocenters. The maximum Gasteiger partial charge on any atom is 0.123 e. The Balaban J connectivity index is 1.62. The minimum Gasteiger partial charge on any atom is -0.207 e. The van der Waals surface area contributed by atoms with E-state index in [1.54, 1.807) is 12.1 Å². The number of hydrogen-bond acceptors (Lipinski definition) is 0. The van der Waals surface area contributed by atoms with Crippen LogP contribution in [0.5, 0.6) is 0 Å². The summed E-state index contributed by atoms with van der Waals surface area (Å²) >= 11 is 6.52. The van der Waals surface area contributed by atoms with Crippen molar-refractivity contribution in [3.05, 3.63) is 35.6 Å². The molecule has 3 rings (SSSR count). The molecular weight excluding hydrogens is 235 g/mol. The second-order valence-corrected chi connectivity index (χ2v) is 6.10. The Morgan fingerprint density at radius 1 is 1.24 bits per heavy atom. The zero-order valence-corrected chi connectivity index (χ0v) is 10.7. The van der Waals surface area contributed by atoms with Gasteiger partial charge in [-0.25, -0.2) is 4.39 Å². The fourth-order valence-corrected chi connectivity index (χ4v) is 4.16. The zero-order valence-electron chi connectivity index (χ0n) is 9.91. The van der Waals surface area contributed by atoms with Crippen molar-refractivity contribution in [2.45, 2.75) is 37.5 Å². The second kappa shape index (κ2) is 4.61. The quantitative estimate of drug-likeness (QED) is 0.699. The van der Waals surface area contributed by atoms with Crippen LogP contribution in [0.15, 0.2) is 24.3 Å². The highest BCUT2D eigenvalue weighted by atomic mass is 35.5. The number of benzene rings is 1. The van der Waals surface area contributed by atoms with Crippen LogP contribution in [-0.2, 0) is 6.42 Å². The lowest BCUT2D eigenvalue weighted by molar-refractivity contribution is 0.480. The molecule has 2 aliphatic rings. The van der Waals surface area contributed by atoms with Gasteiger partial charge in [0.25, 0.3) is 0 Å². The molecule has 0 amide bonds. The van der Waals surface area contributed by atoms with Crippen LogP contribution in [-0.4, -0.2) is 5.38 Å². The van der Waals surface area contributed by atoms with E-state index in [0.29, 0.717) is 5.92 Å². The molecule has 0 nitrogen and oxygen atoms in total. The average molecular weight is 253 g/mol. The van der Waals surface area contributed by atoms with Gasteiger partial charge in [-0.05, 0) is 54.7 Å². The summed E-state index contributed by atoms with van der Waals surface area (Å²) in [5.74, 6) is 2.29. The minimum absolute atomic E-state index is 0.153. The van der Waals surface area contributed by atoms with Crippen LogP contribution in [0.1, 0.15) is 31.2 Å². The number of halogens is 2. The van der Waals surface area contributed by atoms with Gasteiger partial charge in [0.05, 0.1) is 0 Å². The monoisotopic (exact) mass is 252 g/mol. The molecule has 0 saturated heterocycles. The van der Waals surface area contributed by atoms with E-state index in [-0.39, 0.29) is 11.2 Å². The Bertz CT molecular complexity index is 392. The standard InChI is InChI=1S/C15H18ClF/c16-14(9-10-4-3-5-11(17)8-10)15-12-6-1-2-7-13(12)15/h3-5,8,12-15H,1-2,6-7,9H2. The first kappa shape index (κ1) is 11.5. The van der Waals surface area contributed by atoms with E-state index in [2.05, 4.69) is 0 Å². The van der Waals surface area contributed by atoms with E-state index in [9.17, 15) is 4.39 Å². The molecule has 2 fully saturated rings. The minimum atomic E-state index is -0.153. The fraction of sp³-hybridized carbons (Fsp3) is 0.600. The van der Waals surface area contributed by atoms with E-state index in [0.717, 1.165) is 23.8 Å². The molecule has 2 aliphatic carbocycles. The third kappa shape index (κ3) is 2.35. The summed E-state index contributed by atoms with van der Waals surface area (Å²) in [6, 6.07) is 6.85. The van der Waals surface area contributed by atoms with Gasteiger partial charge in [0.1, 0.15) is 5.82 Å². The highest BCUT2D eigenvalue weighted by Gasteiger charge is 2.53. The first-order valence-electron chi connectivity index (χ1n) is 6.64. The van der Waals surface area contributed by atoms with Crippen molar-refractivity contribution >= 4 is 11.6 Å². The van der Waals surface area contributed by atoms with Crippen LogP contribution < -0.4 is 0 Å². The van der Waals surface area contributed by atoms with Gasteiger partial charge in [0, 0.05) is 5.38 Å². The van der Waals surface area contributed by atoms with E-state index < -0.39 is 0 Å². The molecule has 2 heteroatoms. The molecule has 0 aromatic heterocycles. The van der Waals surface area contributed by atoms with Crippen LogP contribution in [0, 0.1) is 23.6 Å². The maximum absolute atomic E-state index is 13.1. The van der Waals surface area contributed by atoms with Crippen molar-refractivity contribution in [2.75, 3.05) is 0 Å². The Morgan fingerprint density at radius 2 is 1.94 bits per heavy atom. The van der Waals surface area contributed by atoms with Gasteiger partial charge in [-0.3, -0.25) is 0 Å². The van der Waals surface area contributed by atoms with Crippen molar-refractivity contribution in [1.82, 2.24) is 0 Å². The fourth-order valence-electron chi connectivity index (χ4n) is 3.61. The molecule has 0 N–H and O–H groups in total. The van der Waals surface area contributed by atoms with E-state index >= 15 is 0 Å². The van der Waals surface area contributed by atoms with Crippen LogP contribution in [0.3, 0.4) is 0 Å². The van der Waals surface area contributed by atoms with Crippen molar-refractivity contribution in [3.63, 3.8) is 0 Å². The summed E-state index contributed by atoms with van der Waals surface area (Å²) in [7, 11) is 0. The van der Waals surface area contributed by atoms with Gasteiger partial charge in [0.2, 0.25) is 0 Å². The summed E-state index contributed by atoms with van der Waals surface area (Å²) < 4.78 is 13.1. The van der Waals surface area contributed by atoms with Crippen LogP contribution >= 0.6 is 11.6 Å².